The second-order valence-electron chi connectivity index (χ2n) is 7.96. The van der Waals surface area contributed by atoms with Crippen molar-refractivity contribution in [1.82, 2.24) is 24.1 Å². The van der Waals surface area contributed by atoms with Crippen molar-refractivity contribution >= 4 is 57.7 Å². The number of thioether (sulfide) groups is 1. The van der Waals surface area contributed by atoms with E-state index >= 15 is 0 Å². The smallest absolute Gasteiger partial charge is 0.242 e. The first-order chi connectivity index (χ1) is 16.5. The monoisotopic (exact) mass is 498 g/mol. The molecule has 1 saturated heterocycles. The van der Waals surface area contributed by atoms with Crippen LogP contribution in [0.1, 0.15) is 12.8 Å². The van der Waals surface area contributed by atoms with Gasteiger partial charge in [-0.05, 0) is 43.2 Å². The minimum Gasteiger partial charge on any atom is -0.495 e. The zero-order valence-electron chi connectivity index (χ0n) is 18.5. The summed E-state index contributed by atoms with van der Waals surface area (Å²) in [5.74, 6) is 1.07. The van der Waals surface area contributed by atoms with Gasteiger partial charge in [0.15, 0.2) is 5.16 Å². The Balaban J connectivity index is 1.38. The lowest BCUT2D eigenvalue weighted by Gasteiger charge is -2.15. The largest absolute Gasteiger partial charge is 0.495 e. The van der Waals surface area contributed by atoms with E-state index in [9.17, 15) is 9.59 Å². The van der Waals surface area contributed by atoms with Crippen LogP contribution >= 0.6 is 23.4 Å². The molecule has 0 radical (unpaired) electrons. The van der Waals surface area contributed by atoms with Crippen LogP contribution in [0.3, 0.4) is 0 Å². The van der Waals surface area contributed by atoms with Crippen LogP contribution in [-0.2, 0) is 16.1 Å². The Hall–Kier alpha value is -3.24. The fourth-order valence-electron chi connectivity index (χ4n) is 4.18. The van der Waals surface area contributed by atoms with E-state index in [0.717, 1.165) is 37.0 Å². The van der Waals surface area contributed by atoms with E-state index in [1.807, 2.05) is 38.1 Å². The number of benzene rings is 2. The molecule has 1 aliphatic heterocycles. The van der Waals surface area contributed by atoms with E-state index in [1.54, 1.807) is 18.2 Å². The van der Waals surface area contributed by atoms with Crippen molar-refractivity contribution in [2.75, 3.05) is 31.3 Å². The molecule has 0 saturated carbocycles. The lowest BCUT2D eigenvalue weighted by molar-refractivity contribution is -0.130. The molecule has 11 heteroatoms. The SMILES string of the molecule is COc1ccc(Cl)cc1NC(=O)CSc1nnc2n(CC(=O)N3CCCC3)c3ccccc3n12. The number of amides is 2. The molecule has 0 aliphatic carbocycles. The Bertz CT molecular complexity index is 1380. The molecule has 34 heavy (non-hydrogen) atoms. The number of nitrogens with one attached hydrogen (secondary N) is 1. The molecule has 0 unspecified atom stereocenters. The Kier molecular flexibility index (Phi) is 6.34. The third-order valence-corrected chi connectivity index (χ3v) is 6.96. The summed E-state index contributed by atoms with van der Waals surface area (Å²) >= 11 is 7.32. The van der Waals surface area contributed by atoms with Gasteiger partial charge in [0, 0.05) is 18.1 Å². The van der Waals surface area contributed by atoms with Crippen molar-refractivity contribution in [3.63, 3.8) is 0 Å². The number of carbonyl (C=O) groups excluding carboxylic acids is 2. The number of hydrogen-bond donors (Lipinski definition) is 1. The van der Waals surface area contributed by atoms with Gasteiger partial charge in [-0.3, -0.25) is 18.6 Å². The van der Waals surface area contributed by atoms with Crippen LogP contribution < -0.4 is 10.1 Å². The molecule has 2 amide bonds. The fraction of sp³-hybridized carbons (Fsp3) is 0.304. The average Bonchev–Trinajstić information content (AvgIpc) is 3.57. The highest BCUT2D eigenvalue weighted by molar-refractivity contribution is 7.99. The summed E-state index contributed by atoms with van der Waals surface area (Å²) in [4.78, 5) is 27.4. The number of methoxy groups -OCH3 is 1. The number of ether oxygens (including phenoxy) is 1. The van der Waals surface area contributed by atoms with Crippen molar-refractivity contribution in [2.24, 2.45) is 0 Å². The van der Waals surface area contributed by atoms with Gasteiger partial charge in [-0.2, -0.15) is 0 Å². The van der Waals surface area contributed by atoms with E-state index in [2.05, 4.69) is 15.5 Å². The van der Waals surface area contributed by atoms with Crippen LogP contribution in [-0.4, -0.2) is 61.8 Å². The van der Waals surface area contributed by atoms with E-state index < -0.39 is 0 Å². The van der Waals surface area contributed by atoms with Crippen molar-refractivity contribution in [3.8, 4) is 5.75 Å². The Morgan fingerprint density at radius 3 is 2.65 bits per heavy atom. The maximum absolute atomic E-state index is 12.8. The van der Waals surface area contributed by atoms with Gasteiger partial charge in [-0.25, -0.2) is 0 Å². The summed E-state index contributed by atoms with van der Waals surface area (Å²) in [5.41, 5.74) is 2.29. The number of likely N-dealkylation sites (tertiary alicyclic amines) is 1. The van der Waals surface area contributed by atoms with Gasteiger partial charge in [-0.15, -0.1) is 10.2 Å². The number of hydrogen-bond acceptors (Lipinski definition) is 6. The molecule has 4 aromatic rings. The van der Waals surface area contributed by atoms with Gasteiger partial charge in [0.25, 0.3) is 0 Å². The first kappa shape index (κ1) is 22.5. The number of halogens is 1. The summed E-state index contributed by atoms with van der Waals surface area (Å²) in [6.07, 6.45) is 2.09. The molecule has 1 N–H and O–H groups in total. The standard InChI is InChI=1S/C23H23ClN6O3S/c1-33-19-9-8-15(24)12-16(19)25-20(31)14-34-23-27-26-22-29(13-21(32)28-10-4-5-11-28)17-6-2-3-7-18(17)30(22)23/h2-3,6-9,12H,4-5,10-11,13-14H2,1H3,(H,25,31). The van der Waals surface area contributed by atoms with E-state index in [1.165, 1.54) is 18.9 Å². The summed E-state index contributed by atoms with van der Waals surface area (Å²) < 4.78 is 9.07. The normalized spacial score (nSPS) is 13.6. The molecule has 1 fully saturated rings. The van der Waals surface area contributed by atoms with Crippen LogP contribution in [0.5, 0.6) is 5.75 Å². The Morgan fingerprint density at radius 1 is 1.12 bits per heavy atom. The van der Waals surface area contributed by atoms with Crippen LogP contribution in [0.2, 0.25) is 5.02 Å². The number of para-hydroxylation sites is 2. The minimum atomic E-state index is -0.227. The second-order valence-corrected chi connectivity index (χ2v) is 9.34. The van der Waals surface area contributed by atoms with Crippen molar-refractivity contribution in [1.29, 1.82) is 0 Å². The fourth-order valence-corrected chi connectivity index (χ4v) is 5.09. The molecular formula is C23H23ClN6O3S. The van der Waals surface area contributed by atoms with Crippen LogP contribution in [0.25, 0.3) is 16.8 Å². The first-order valence-electron chi connectivity index (χ1n) is 10.9. The number of anilines is 1. The maximum atomic E-state index is 12.8. The molecule has 176 valence electrons. The summed E-state index contributed by atoms with van der Waals surface area (Å²) in [7, 11) is 1.53. The predicted molar refractivity (Wildman–Crippen MR) is 132 cm³/mol. The molecule has 9 nitrogen and oxygen atoms in total. The molecular weight excluding hydrogens is 476 g/mol. The van der Waals surface area contributed by atoms with E-state index in [4.69, 9.17) is 16.3 Å². The molecule has 0 bridgehead atoms. The number of fused-ring (bicyclic) bond motifs is 3. The molecule has 0 spiro atoms. The van der Waals surface area contributed by atoms with Gasteiger partial charge < -0.3 is 15.0 Å². The average molecular weight is 499 g/mol. The quantitative estimate of drug-likeness (QED) is 0.390. The number of rotatable bonds is 7. The third kappa shape index (κ3) is 4.30. The molecule has 5 rings (SSSR count). The predicted octanol–water partition coefficient (Wildman–Crippen LogP) is 3.70. The van der Waals surface area contributed by atoms with Crippen molar-refractivity contribution in [2.45, 2.75) is 24.5 Å². The lowest BCUT2D eigenvalue weighted by Crippen LogP contribution is -2.31. The van der Waals surface area contributed by atoms with Crippen molar-refractivity contribution in [3.05, 3.63) is 47.5 Å². The number of imidazole rings is 1. The summed E-state index contributed by atoms with van der Waals surface area (Å²) in [6, 6.07) is 12.8. The van der Waals surface area contributed by atoms with E-state index in [-0.39, 0.29) is 24.1 Å². The van der Waals surface area contributed by atoms with Gasteiger partial charge >= 0.3 is 0 Å². The van der Waals surface area contributed by atoms with Gasteiger partial charge in [0.1, 0.15) is 12.3 Å². The maximum Gasteiger partial charge on any atom is 0.242 e. The zero-order valence-corrected chi connectivity index (χ0v) is 20.1. The van der Waals surface area contributed by atoms with Gasteiger partial charge in [-0.1, -0.05) is 35.5 Å². The Labute approximate surface area is 205 Å². The summed E-state index contributed by atoms with van der Waals surface area (Å²) in [6.45, 7) is 1.80. The molecule has 2 aromatic carbocycles. The summed E-state index contributed by atoms with van der Waals surface area (Å²) in [5, 5.41) is 12.6. The zero-order chi connectivity index (χ0) is 23.7. The topological polar surface area (TPSA) is 93.8 Å². The van der Waals surface area contributed by atoms with Gasteiger partial charge in [0.2, 0.25) is 17.6 Å². The molecule has 2 aromatic heterocycles. The number of carbonyl (C=O) groups is 2. The Morgan fingerprint density at radius 2 is 1.88 bits per heavy atom. The second kappa shape index (κ2) is 9.55. The number of nitrogens with zero attached hydrogens (tertiary/aromatic N) is 5. The first-order valence-corrected chi connectivity index (χ1v) is 12.3. The van der Waals surface area contributed by atoms with E-state index in [0.29, 0.717) is 27.4 Å². The minimum absolute atomic E-state index is 0.0767. The molecule has 0 atom stereocenters. The number of aromatic nitrogens is 4. The van der Waals surface area contributed by atoms with Crippen LogP contribution in [0, 0.1) is 0 Å². The van der Waals surface area contributed by atoms with Crippen molar-refractivity contribution < 1.29 is 14.3 Å². The van der Waals surface area contributed by atoms with Gasteiger partial charge in [0.05, 0.1) is 29.6 Å². The highest BCUT2D eigenvalue weighted by Crippen LogP contribution is 2.29. The lowest BCUT2D eigenvalue weighted by atomic mass is 10.3. The van der Waals surface area contributed by atoms with Crippen LogP contribution in [0.4, 0.5) is 5.69 Å². The molecule has 3 heterocycles. The molecule has 1 aliphatic rings. The van der Waals surface area contributed by atoms with Crippen LogP contribution in [0.15, 0.2) is 47.6 Å². The third-order valence-electron chi connectivity index (χ3n) is 5.79. The highest BCUT2D eigenvalue weighted by Gasteiger charge is 2.23. The highest BCUT2D eigenvalue weighted by atomic mass is 35.5.